The number of anilines is 2. The lowest BCUT2D eigenvalue weighted by atomic mass is 9.77. The lowest BCUT2D eigenvalue weighted by Gasteiger charge is -2.38. The van der Waals surface area contributed by atoms with Crippen molar-refractivity contribution in [2.45, 2.75) is 37.1 Å². The van der Waals surface area contributed by atoms with Gasteiger partial charge in [-0.3, -0.25) is 4.72 Å². The van der Waals surface area contributed by atoms with Crippen molar-refractivity contribution in [1.82, 2.24) is 0 Å². The molecule has 0 saturated carbocycles. The highest BCUT2D eigenvalue weighted by molar-refractivity contribution is 9.10. The summed E-state index contributed by atoms with van der Waals surface area (Å²) in [6.07, 6.45) is 5.30. The Morgan fingerprint density at radius 3 is 2.47 bits per heavy atom. The fourth-order valence-electron chi connectivity index (χ4n) is 5.06. The van der Waals surface area contributed by atoms with Gasteiger partial charge in [0, 0.05) is 21.8 Å². The smallest absolute Gasteiger partial charge is 0.261 e. The van der Waals surface area contributed by atoms with Crippen LogP contribution < -0.4 is 19.5 Å². The van der Waals surface area contributed by atoms with Crippen LogP contribution in [0.1, 0.15) is 43.4 Å². The average molecular weight is 570 g/mol. The zero-order chi connectivity index (χ0) is 25.3. The van der Waals surface area contributed by atoms with E-state index in [1.807, 2.05) is 26.0 Å². The Kier molecular flexibility index (Phi) is 6.99. The Bertz CT molecular complexity index is 1390. The molecule has 0 radical (unpaired) electrons. The van der Waals surface area contributed by atoms with Crippen molar-refractivity contribution in [1.29, 1.82) is 0 Å². The Balaban J connectivity index is 1.46. The summed E-state index contributed by atoms with van der Waals surface area (Å²) in [7, 11) is -3.72. The minimum Gasteiger partial charge on any atom is -0.490 e. The SMILES string of the molecule is CCOc1ccc([C@H]2Nc3ccc(S(=O)(=O)Nc4ccc(Br)cc4)cc3[C@H]3C=CC[C@H]32)cc1OCC. The van der Waals surface area contributed by atoms with Crippen LogP contribution in [-0.4, -0.2) is 21.6 Å². The summed E-state index contributed by atoms with van der Waals surface area (Å²) in [6.45, 7) is 5.06. The molecule has 0 spiro atoms. The number of rotatable bonds is 8. The number of allylic oxidation sites excluding steroid dienone is 2. The van der Waals surface area contributed by atoms with E-state index in [1.165, 1.54) is 0 Å². The van der Waals surface area contributed by atoms with Gasteiger partial charge in [0.15, 0.2) is 11.5 Å². The highest BCUT2D eigenvalue weighted by Gasteiger charge is 2.38. The van der Waals surface area contributed by atoms with Crippen molar-refractivity contribution in [3.05, 3.63) is 88.4 Å². The van der Waals surface area contributed by atoms with Crippen LogP contribution in [-0.2, 0) is 10.0 Å². The number of benzene rings is 3. The summed E-state index contributed by atoms with van der Waals surface area (Å²) in [5.41, 5.74) is 3.59. The van der Waals surface area contributed by atoms with Gasteiger partial charge in [0.1, 0.15) is 0 Å². The van der Waals surface area contributed by atoms with Crippen molar-refractivity contribution in [2.75, 3.05) is 23.3 Å². The molecule has 188 valence electrons. The second kappa shape index (κ2) is 10.2. The number of ether oxygens (including phenoxy) is 2. The summed E-state index contributed by atoms with van der Waals surface area (Å²) < 4.78 is 41.5. The minimum atomic E-state index is -3.72. The lowest BCUT2D eigenvalue weighted by molar-refractivity contribution is 0.287. The average Bonchev–Trinajstić information content (AvgIpc) is 3.36. The number of halogens is 1. The van der Waals surface area contributed by atoms with Gasteiger partial charge in [-0.05, 0) is 91.9 Å². The standard InChI is InChI=1S/C28H29BrN2O4S/c1-3-34-26-15-8-18(16-27(26)35-4-2)28-23-7-5-6-22(23)24-17-21(13-14-25(24)30-28)36(32,33)31-20-11-9-19(29)10-12-20/h5-6,8-17,22-23,28,30-31H,3-4,7H2,1-2H3/t22-,23+,28+/m0/s1. The molecule has 2 aliphatic rings. The van der Waals surface area contributed by atoms with Crippen molar-refractivity contribution in [2.24, 2.45) is 5.92 Å². The van der Waals surface area contributed by atoms with E-state index in [4.69, 9.17) is 9.47 Å². The van der Waals surface area contributed by atoms with Crippen LogP contribution in [0.2, 0.25) is 0 Å². The first-order chi connectivity index (χ1) is 17.4. The van der Waals surface area contributed by atoms with Crippen LogP contribution in [0.5, 0.6) is 11.5 Å². The van der Waals surface area contributed by atoms with Crippen LogP contribution >= 0.6 is 15.9 Å². The first kappa shape index (κ1) is 24.7. The Morgan fingerprint density at radius 1 is 0.972 bits per heavy atom. The summed E-state index contributed by atoms with van der Waals surface area (Å²) in [5.74, 6) is 1.87. The third-order valence-corrected chi connectivity index (χ3v) is 8.58. The molecule has 2 N–H and O–H groups in total. The molecule has 3 aromatic carbocycles. The summed E-state index contributed by atoms with van der Waals surface area (Å²) in [5, 5.41) is 3.68. The lowest BCUT2D eigenvalue weighted by Crippen LogP contribution is -2.29. The summed E-state index contributed by atoms with van der Waals surface area (Å²) in [4.78, 5) is 0.253. The molecule has 3 aromatic rings. The molecule has 0 bridgehead atoms. The predicted octanol–water partition coefficient (Wildman–Crippen LogP) is 6.87. The quantitative estimate of drug-likeness (QED) is 0.290. The van der Waals surface area contributed by atoms with Crippen LogP contribution in [0.15, 0.2) is 82.2 Å². The van der Waals surface area contributed by atoms with Gasteiger partial charge >= 0.3 is 0 Å². The summed E-state index contributed by atoms with van der Waals surface area (Å²) in [6, 6.07) is 18.6. The largest absolute Gasteiger partial charge is 0.490 e. The second-order valence-corrected chi connectivity index (χ2v) is 11.5. The maximum Gasteiger partial charge on any atom is 0.261 e. The molecule has 8 heteroatoms. The highest BCUT2D eigenvalue weighted by atomic mass is 79.9. The summed E-state index contributed by atoms with van der Waals surface area (Å²) >= 11 is 3.38. The number of fused-ring (bicyclic) bond motifs is 3. The van der Waals surface area contributed by atoms with Crippen molar-refractivity contribution < 1.29 is 17.9 Å². The van der Waals surface area contributed by atoms with E-state index in [0.717, 1.165) is 39.2 Å². The van der Waals surface area contributed by atoms with E-state index in [2.05, 4.69) is 50.3 Å². The van der Waals surface area contributed by atoms with Gasteiger partial charge in [0.05, 0.1) is 24.2 Å². The van der Waals surface area contributed by atoms with Crippen LogP contribution in [0.25, 0.3) is 0 Å². The van der Waals surface area contributed by atoms with E-state index < -0.39 is 10.0 Å². The number of hydrogen-bond donors (Lipinski definition) is 2. The van der Waals surface area contributed by atoms with Crippen LogP contribution in [0.4, 0.5) is 11.4 Å². The molecule has 6 nitrogen and oxygen atoms in total. The van der Waals surface area contributed by atoms with Gasteiger partial charge < -0.3 is 14.8 Å². The Morgan fingerprint density at radius 2 is 1.72 bits per heavy atom. The zero-order valence-corrected chi connectivity index (χ0v) is 22.6. The molecule has 5 rings (SSSR count). The number of hydrogen-bond acceptors (Lipinski definition) is 5. The third-order valence-electron chi connectivity index (χ3n) is 6.67. The van der Waals surface area contributed by atoms with E-state index in [9.17, 15) is 8.42 Å². The topological polar surface area (TPSA) is 76.7 Å². The maximum atomic E-state index is 13.1. The van der Waals surface area contributed by atoms with Crippen LogP contribution in [0.3, 0.4) is 0 Å². The molecule has 0 unspecified atom stereocenters. The van der Waals surface area contributed by atoms with Crippen molar-refractivity contribution in [3.63, 3.8) is 0 Å². The molecule has 1 aliphatic carbocycles. The van der Waals surface area contributed by atoms with Gasteiger partial charge in [-0.1, -0.05) is 34.1 Å². The third kappa shape index (κ3) is 4.84. The number of nitrogens with one attached hydrogen (secondary N) is 2. The molecule has 3 atom stereocenters. The Hall–Kier alpha value is -2.97. The van der Waals surface area contributed by atoms with E-state index in [-0.39, 0.29) is 22.8 Å². The Labute approximate surface area is 220 Å². The monoisotopic (exact) mass is 568 g/mol. The second-order valence-electron chi connectivity index (χ2n) is 8.91. The minimum absolute atomic E-state index is 0.0655. The van der Waals surface area contributed by atoms with Crippen molar-refractivity contribution >= 4 is 37.3 Å². The maximum absolute atomic E-state index is 13.1. The first-order valence-corrected chi connectivity index (χ1v) is 14.4. The molecular formula is C28H29BrN2O4S. The first-order valence-electron chi connectivity index (χ1n) is 12.1. The fourth-order valence-corrected chi connectivity index (χ4v) is 6.42. The van der Waals surface area contributed by atoms with Gasteiger partial charge in [-0.2, -0.15) is 0 Å². The molecule has 0 aromatic heterocycles. The molecular weight excluding hydrogens is 540 g/mol. The molecule has 0 saturated heterocycles. The van der Waals surface area contributed by atoms with Gasteiger partial charge in [0.2, 0.25) is 0 Å². The molecule has 0 fully saturated rings. The van der Waals surface area contributed by atoms with Gasteiger partial charge in [-0.25, -0.2) is 8.42 Å². The van der Waals surface area contributed by atoms with E-state index in [1.54, 1.807) is 36.4 Å². The van der Waals surface area contributed by atoms with Gasteiger partial charge in [-0.15, -0.1) is 0 Å². The molecule has 36 heavy (non-hydrogen) atoms. The highest BCUT2D eigenvalue weighted by Crippen LogP contribution is 2.51. The van der Waals surface area contributed by atoms with Crippen LogP contribution in [0, 0.1) is 5.92 Å². The number of sulfonamides is 1. The fraction of sp³-hybridized carbons (Fsp3) is 0.286. The van der Waals surface area contributed by atoms with E-state index >= 15 is 0 Å². The predicted molar refractivity (Wildman–Crippen MR) is 147 cm³/mol. The molecule has 1 aliphatic heterocycles. The van der Waals surface area contributed by atoms with Gasteiger partial charge in [0.25, 0.3) is 10.0 Å². The van der Waals surface area contributed by atoms with E-state index in [0.29, 0.717) is 18.9 Å². The molecule has 0 amide bonds. The normalized spacial score (nSPS) is 20.2. The molecule has 1 heterocycles. The zero-order valence-electron chi connectivity index (χ0n) is 20.2. The van der Waals surface area contributed by atoms with Crippen molar-refractivity contribution in [3.8, 4) is 11.5 Å².